The number of nitrogens with one attached hydrogen (secondary N) is 1. The van der Waals surface area contributed by atoms with Crippen LogP contribution in [0.5, 0.6) is 0 Å². The zero-order valence-corrected chi connectivity index (χ0v) is 19.1. The van der Waals surface area contributed by atoms with Crippen LogP contribution >= 0.6 is 0 Å². The molecule has 1 fully saturated rings. The van der Waals surface area contributed by atoms with Crippen LogP contribution in [0.2, 0.25) is 0 Å². The maximum atomic E-state index is 12.9. The van der Waals surface area contributed by atoms with Crippen molar-refractivity contribution in [2.45, 2.75) is 44.0 Å². The molecule has 0 saturated carbocycles. The molecule has 9 nitrogen and oxygen atoms in total. The summed E-state index contributed by atoms with van der Waals surface area (Å²) in [5, 5.41) is 2.56. The molecule has 1 aliphatic rings. The summed E-state index contributed by atoms with van der Waals surface area (Å²) in [5.41, 5.74) is 0.466. The molecule has 1 aromatic rings. The summed E-state index contributed by atoms with van der Waals surface area (Å²) < 4.78 is 50.3. The Balaban J connectivity index is 2.13. The second-order valence-corrected chi connectivity index (χ2v) is 11.7. The number of amides is 2. The van der Waals surface area contributed by atoms with Crippen LogP contribution in [0.25, 0.3) is 0 Å². The lowest BCUT2D eigenvalue weighted by Gasteiger charge is -2.30. The van der Waals surface area contributed by atoms with Crippen LogP contribution in [0.3, 0.4) is 0 Å². The zero-order valence-electron chi connectivity index (χ0n) is 17.5. The molecule has 1 unspecified atom stereocenters. The number of carbonyl (C=O) groups excluding carboxylic acids is 2. The highest BCUT2D eigenvalue weighted by molar-refractivity contribution is 7.91. The van der Waals surface area contributed by atoms with Crippen molar-refractivity contribution in [3.63, 3.8) is 0 Å². The van der Waals surface area contributed by atoms with Crippen LogP contribution in [-0.2, 0) is 29.4 Å². The number of nitrogens with zero attached hydrogens (tertiary/aromatic N) is 2. The molecule has 1 aliphatic heterocycles. The van der Waals surface area contributed by atoms with E-state index in [0.717, 1.165) is 10.7 Å². The number of carbonyl (C=O) groups is 2. The summed E-state index contributed by atoms with van der Waals surface area (Å²) in [7, 11) is -5.77. The van der Waals surface area contributed by atoms with Crippen LogP contribution in [0.1, 0.15) is 33.1 Å². The number of unbranched alkanes of at least 4 members (excludes halogenated alkanes) is 1. The molecule has 30 heavy (non-hydrogen) atoms. The normalized spacial score (nSPS) is 18.3. The van der Waals surface area contributed by atoms with Crippen molar-refractivity contribution in [1.29, 1.82) is 0 Å². The molecule has 0 spiro atoms. The van der Waals surface area contributed by atoms with Gasteiger partial charge in [-0.15, -0.1) is 0 Å². The third-order valence-electron chi connectivity index (χ3n) is 4.96. The quantitative estimate of drug-likeness (QED) is 0.590. The van der Waals surface area contributed by atoms with Crippen molar-refractivity contribution < 1.29 is 26.4 Å². The zero-order chi connectivity index (χ0) is 22.5. The van der Waals surface area contributed by atoms with Crippen molar-refractivity contribution in [3.05, 3.63) is 24.3 Å². The number of sulfone groups is 1. The van der Waals surface area contributed by atoms with Crippen LogP contribution in [-0.4, -0.2) is 75.5 Å². The number of sulfonamides is 1. The lowest BCUT2D eigenvalue weighted by atomic mass is 10.2. The Morgan fingerprint density at radius 2 is 1.83 bits per heavy atom. The van der Waals surface area contributed by atoms with E-state index in [0.29, 0.717) is 25.1 Å². The number of anilines is 1. The molecule has 2 amide bonds. The summed E-state index contributed by atoms with van der Waals surface area (Å²) >= 11 is 0. The molecule has 0 aromatic heterocycles. The van der Waals surface area contributed by atoms with Gasteiger partial charge in [-0.1, -0.05) is 13.3 Å². The number of hydrogen-bond donors (Lipinski definition) is 1. The molecule has 0 radical (unpaired) electrons. The van der Waals surface area contributed by atoms with Crippen LogP contribution in [0.4, 0.5) is 5.69 Å². The Kier molecular flexibility index (Phi) is 8.00. The lowest BCUT2D eigenvalue weighted by Crippen LogP contribution is -2.47. The molecular formula is C19H29N3O6S2. The second-order valence-electron chi connectivity index (χ2n) is 7.46. The minimum atomic E-state index is -3.92. The average Bonchev–Trinajstić information content (AvgIpc) is 3.01. The molecule has 1 aromatic carbocycles. The maximum Gasteiger partial charge on any atom is 0.243 e. The van der Waals surface area contributed by atoms with Gasteiger partial charge in [0.2, 0.25) is 21.8 Å². The molecule has 1 heterocycles. The van der Waals surface area contributed by atoms with E-state index < -0.39 is 31.8 Å². The van der Waals surface area contributed by atoms with Crippen LogP contribution in [0.15, 0.2) is 29.2 Å². The van der Waals surface area contributed by atoms with Gasteiger partial charge in [0.1, 0.15) is 0 Å². The molecule has 0 bridgehead atoms. The van der Waals surface area contributed by atoms with E-state index in [4.69, 9.17) is 0 Å². The van der Waals surface area contributed by atoms with Gasteiger partial charge < -0.3 is 10.2 Å². The first-order chi connectivity index (χ1) is 14.0. The SMILES string of the molecule is CCCCN(C(=O)CN(C)S(=O)(=O)c1ccc(NC(C)=O)cc1)C1CCS(=O)(=O)C1. The van der Waals surface area contributed by atoms with Crippen molar-refractivity contribution in [1.82, 2.24) is 9.21 Å². The largest absolute Gasteiger partial charge is 0.338 e. The first-order valence-corrected chi connectivity index (χ1v) is 13.1. The van der Waals surface area contributed by atoms with Gasteiger partial charge in [-0.05, 0) is 37.1 Å². The fourth-order valence-electron chi connectivity index (χ4n) is 3.32. The molecule has 1 atom stereocenters. The Morgan fingerprint density at radius 1 is 1.20 bits per heavy atom. The Bertz CT molecular complexity index is 974. The van der Waals surface area contributed by atoms with Crippen molar-refractivity contribution in [3.8, 4) is 0 Å². The van der Waals surface area contributed by atoms with Crippen molar-refractivity contribution >= 4 is 37.4 Å². The minimum Gasteiger partial charge on any atom is -0.338 e. The summed E-state index contributed by atoms with van der Waals surface area (Å²) in [4.78, 5) is 25.5. The summed E-state index contributed by atoms with van der Waals surface area (Å²) in [5.74, 6) is -0.716. The number of hydrogen-bond acceptors (Lipinski definition) is 6. The molecule has 0 aliphatic carbocycles. The van der Waals surface area contributed by atoms with Crippen molar-refractivity contribution in [2.75, 3.05) is 37.0 Å². The average molecular weight is 460 g/mol. The standard InChI is InChI=1S/C19H29N3O6S2/c1-4-5-11-22(17-10-12-29(25,26)14-17)19(24)13-21(3)30(27,28)18-8-6-16(7-9-18)20-15(2)23/h6-9,17H,4-5,10-14H2,1-3H3,(H,20,23). The highest BCUT2D eigenvalue weighted by Crippen LogP contribution is 2.21. The molecule has 2 rings (SSSR count). The Labute approximate surface area is 178 Å². The third kappa shape index (κ3) is 6.26. The summed E-state index contributed by atoms with van der Waals surface area (Å²) in [6.07, 6.45) is 1.92. The van der Waals surface area contributed by atoms with Crippen LogP contribution < -0.4 is 5.32 Å². The van der Waals surface area contributed by atoms with Gasteiger partial charge in [-0.2, -0.15) is 4.31 Å². The molecule has 168 valence electrons. The molecule has 1 N–H and O–H groups in total. The first kappa shape index (κ1) is 24.3. The molecule has 11 heteroatoms. The van der Waals surface area contributed by atoms with Gasteiger partial charge in [0, 0.05) is 32.2 Å². The fourth-order valence-corrected chi connectivity index (χ4v) is 6.17. The van der Waals surface area contributed by atoms with E-state index >= 15 is 0 Å². The minimum absolute atomic E-state index is 0.00421. The van der Waals surface area contributed by atoms with Gasteiger partial charge >= 0.3 is 0 Å². The number of benzene rings is 1. The molecular weight excluding hydrogens is 430 g/mol. The lowest BCUT2D eigenvalue weighted by molar-refractivity contribution is -0.133. The van der Waals surface area contributed by atoms with E-state index in [1.165, 1.54) is 43.1 Å². The topological polar surface area (TPSA) is 121 Å². The van der Waals surface area contributed by atoms with E-state index in [1.807, 2.05) is 6.92 Å². The fraction of sp³-hybridized carbons (Fsp3) is 0.579. The van der Waals surface area contributed by atoms with Gasteiger partial charge in [0.15, 0.2) is 9.84 Å². The monoisotopic (exact) mass is 459 g/mol. The summed E-state index contributed by atoms with van der Waals surface area (Å²) in [6.45, 7) is 3.34. The predicted molar refractivity (Wildman–Crippen MR) is 114 cm³/mol. The number of rotatable bonds is 9. The van der Waals surface area contributed by atoms with E-state index in [2.05, 4.69) is 5.32 Å². The first-order valence-electron chi connectivity index (χ1n) is 9.80. The smallest absolute Gasteiger partial charge is 0.243 e. The number of likely N-dealkylation sites (N-methyl/N-ethyl adjacent to an activating group) is 1. The van der Waals surface area contributed by atoms with Gasteiger partial charge in [0.05, 0.1) is 22.9 Å². The van der Waals surface area contributed by atoms with Crippen molar-refractivity contribution in [2.24, 2.45) is 0 Å². The second kappa shape index (κ2) is 9.88. The van der Waals surface area contributed by atoms with Gasteiger partial charge in [-0.25, -0.2) is 16.8 Å². The van der Waals surface area contributed by atoms with Gasteiger partial charge in [-0.3, -0.25) is 9.59 Å². The highest BCUT2D eigenvalue weighted by atomic mass is 32.2. The van der Waals surface area contributed by atoms with E-state index in [9.17, 15) is 26.4 Å². The highest BCUT2D eigenvalue weighted by Gasteiger charge is 2.35. The Morgan fingerprint density at radius 3 is 2.33 bits per heavy atom. The van der Waals surface area contributed by atoms with E-state index in [-0.39, 0.29) is 28.9 Å². The molecule has 1 saturated heterocycles. The van der Waals surface area contributed by atoms with Crippen LogP contribution in [0, 0.1) is 0 Å². The predicted octanol–water partition coefficient (Wildman–Crippen LogP) is 1.08. The van der Waals surface area contributed by atoms with Gasteiger partial charge in [0.25, 0.3) is 0 Å². The summed E-state index contributed by atoms with van der Waals surface area (Å²) in [6, 6.07) is 5.25. The Hall–Kier alpha value is -1.98. The maximum absolute atomic E-state index is 12.9. The van der Waals surface area contributed by atoms with E-state index in [1.54, 1.807) is 0 Å². The third-order valence-corrected chi connectivity index (χ3v) is 8.53.